The van der Waals surface area contributed by atoms with E-state index in [1.807, 2.05) is 0 Å². The van der Waals surface area contributed by atoms with Crippen LogP contribution in [0.3, 0.4) is 0 Å². The normalized spacial score (nSPS) is 14.7. The fourth-order valence-corrected chi connectivity index (χ4v) is 5.15. The van der Waals surface area contributed by atoms with Gasteiger partial charge in [0.05, 0.1) is 33.4 Å². The van der Waals surface area contributed by atoms with E-state index in [4.69, 9.17) is 0 Å². The van der Waals surface area contributed by atoms with Gasteiger partial charge in [0.15, 0.2) is 0 Å². The van der Waals surface area contributed by atoms with Crippen LogP contribution in [0.1, 0.15) is 95.5 Å². The average molecular weight is 478 g/mol. The number of carbonyl (C=O) groups is 6. The number of amides is 4. The first-order valence-corrected chi connectivity index (χ1v) is 10.7. The Hall–Kier alpha value is -4.34. The molecule has 10 heteroatoms. The minimum atomic E-state index is -1.24. The number of carboxylic acids is 2. The summed E-state index contributed by atoms with van der Waals surface area (Å²) in [6.07, 6.45) is 0. The summed E-state index contributed by atoms with van der Waals surface area (Å²) in [5.41, 5.74) is 1.43. The molecule has 2 aromatic rings. The van der Waals surface area contributed by atoms with Gasteiger partial charge in [-0.3, -0.25) is 29.0 Å². The van der Waals surface area contributed by atoms with Gasteiger partial charge in [0.1, 0.15) is 6.67 Å². The van der Waals surface area contributed by atoms with Crippen molar-refractivity contribution in [3.05, 3.63) is 66.8 Å². The maximum atomic E-state index is 13.3. The van der Waals surface area contributed by atoms with Crippen molar-refractivity contribution in [1.82, 2.24) is 9.80 Å². The third-order valence-electron chi connectivity index (χ3n) is 7.17. The Morgan fingerprint density at radius 2 is 0.771 bits per heavy atom. The van der Waals surface area contributed by atoms with Crippen molar-refractivity contribution >= 4 is 35.6 Å². The van der Waals surface area contributed by atoms with Gasteiger partial charge in [0, 0.05) is 0 Å². The standard InChI is InChI=1S/C25H22N2O8/c1-8-10(3)16-18(12(5)14(8)24(32)33)22(30)26(20(16)28)7-27-21(29)17-11(4)9(2)15(25(34)35)13(6)19(17)23(27)31/h7H2,1-6H3,(H,32,33)(H,34,35). The van der Waals surface area contributed by atoms with Crippen molar-refractivity contribution in [1.29, 1.82) is 0 Å². The monoisotopic (exact) mass is 478 g/mol. The predicted molar refractivity (Wildman–Crippen MR) is 121 cm³/mol. The number of aromatic carboxylic acids is 2. The third-order valence-corrected chi connectivity index (χ3v) is 7.17. The van der Waals surface area contributed by atoms with Gasteiger partial charge in [-0.2, -0.15) is 0 Å². The van der Waals surface area contributed by atoms with E-state index in [0.717, 1.165) is 9.80 Å². The molecule has 10 nitrogen and oxygen atoms in total. The minimum Gasteiger partial charge on any atom is -0.478 e. The highest BCUT2D eigenvalue weighted by molar-refractivity contribution is 6.26. The van der Waals surface area contributed by atoms with E-state index in [9.17, 15) is 39.0 Å². The zero-order chi connectivity index (χ0) is 26.3. The molecule has 180 valence electrons. The molecule has 0 spiro atoms. The van der Waals surface area contributed by atoms with Crippen molar-refractivity contribution < 1.29 is 39.0 Å². The summed E-state index contributed by atoms with van der Waals surface area (Å²) in [5.74, 6) is -5.56. The summed E-state index contributed by atoms with van der Waals surface area (Å²) in [5, 5.41) is 19.2. The Morgan fingerprint density at radius 1 is 0.514 bits per heavy atom. The largest absolute Gasteiger partial charge is 0.478 e. The first-order valence-electron chi connectivity index (χ1n) is 10.7. The third kappa shape index (κ3) is 2.95. The van der Waals surface area contributed by atoms with Gasteiger partial charge in [-0.05, 0) is 74.9 Å². The average Bonchev–Trinajstić information content (AvgIpc) is 3.16. The molecule has 35 heavy (non-hydrogen) atoms. The summed E-state index contributed by atoms with van der Waals surface area (Å²) in [6.45, 7) is 8.37. The Kier molecular flexibility index (Phi) is 5.16. The zero-order valence-corrected chi connectivity index (χ0v) is 19.9. The summed E-state index contributed by atoms with van der Waals surface area (Å²) in [6, 6.07) is 0. The van der Waals surface area contributed by atoms with Crippen LogP contribution >= 0.6 is 0 Å². The van der Waals surface area contributed by atoms with Gasteiger partial charge < -0.3 is 10.2 Å². The van der Waals surface area contributed by atoms with E-state index >= 15 is 0 Å². The molecule has 0 radical (unpaired) electrons. The zero-order valence-electron chi connectivity index (χ0n) is 19.9. The van der Waals surface area contributed by atoms with Crippen molar-refractivity contribution in [2.24, 2.45) is 0 Å². The molecule has 0 saturated carbocycles. The number of imide groups is 2. The Bertz CT molecular complexity index is 1360. The first-order chi connectivity index (χ1) is 16.2. The van der Waals surface area contributed by atoms with E-state index in [1.54, 1.807) is 27.7 Å². The van der Waals surface area contributed by atoms with Crippen molar-refractivity contribution in [2.75, 3.05) is 6.67 Å². The van der Waals surface area contributed by atoms with Crippen LogP contribution in [-0.4, -0.2) is 62.2 Å². The molecule has 0 aromatic heterocycles. The van der Waals surface area contributed by atoms with Crippen LogP contribution in [0.25, 0.3) is 0 Å². The molecule has 2 heterocycles. The summed E-state index contributed by atoms with van der Waals surface area (Å²) < 4.78 is 0. The molecule has 2 N–H and O–H groups in total. The summed E-state index contributed by atoms with van der Waals surface area (Å²) >= 11 is 0. The van der Waals surface area contributed by atoms with Crippen molar-refractivity contribution in [3.63, 3.8) is 0 Å². The molecule has 2 aliphatic heterocycles. The van der Waals surface area contributed by atoms with Gasteiger partial charge in [0.2, 0.25) is 0 Å². The van der Waals surface area contributed by atoms with Crippen LogP contribution in [0.4, 0.5) is 0 Å². The SMILES string of the molecule is Cc1c(C)c2c(c(C)c1C(=O)O)C(=O)N(CN1C(=O)c3c(C)c(C)c(C(=O)O)c(C)c3C1=O)C2=O. The number of fused-ring (bicyclic) bond motifs is 2. The van der Waals surface area contributed by atoms with Gasteiger partial charge in [0.25, 0.3) is 23.6 Å². The summed E-state index contributed by atoms with van der Waals surface area (Å²) in [4.78, 5) is 78.0. The Morgan fingerprint density at radius 3 is 1.03 bits per heavy atom. The Balaban J connectivity index is 1.80. The number of hydrogen-bond acceptors (Lipinski definition) is 6. The van der Waals surface area contributed by atoms with E-state index in [1.165, 1.54) is 13.8 Å². The molecule has 0 atom stereocenters. The van der Waals surface area contributed by atoms with E-state index in [-0.39, 0.29) is 44.5 Å². The second-order valence-electron chi connectivity index (χ2n) is 8.83. The smallest absolute Gasteiger partial charge is 0.336 e. The number of hydrogen-bond donors (Lipinski definition) is 2. The van der Waals surface area contributed by atoms with Crippen molar-refractivity contribution in [2.45, 2.75) is 41.5 Å². The van der Waals surface area contributed by atoms with E-state index in [0.29, 0.717) is 22.3 Å². The molecular weight excluding hydrogens is 456 g/mol. The first kappa shape index (κ1) is 23.8. The lowest BCUT2D eigenvalue weighted by Crippen LogP contribution is -2.44. The molecule has 0 unspecified atom stereocenters. The molecule has 0 bridgehead atoms. The highest BCUT2D eigenvalue weighted by atomic mass is 16.4. The van der Waals surface area contributed by atoms with Gasteiger partial charge in [-0.25, -0.2) is 9.59 Å². The van der Waals surface area contributed by atoms with Crippen LogP contribution in [0, 0.1) is 41.5 Å². The van der Waals surface area contributed by atoms with E-state index in [2.05, 4.69) is 0 Å². The van der Waals surface area contributed by atoms with E-state index < -0.39 is 42.2 Å². The fourth-order valence-electron chi connectivity index (χ4n) is 5.15. The Labute approximate surface area is 199 Å². The lowest BCUT2D eigenvalue weighted by molar-refractivity contribution is 0.0469. The second kappa shape index (κ2) is 7.59. The molecular formula is C25H22N2O8. The number of benzene rings is 2. The number of carboxylic acid groups (broad SMARTS) is 2. The molecule has 2 aliphatic rings. The number of carbonyl (C=O) groups excluding carboxylic acids is 4. The predicted octanol–water partition coefficient (Wildman–Crippen LogP) is 2.78. The van der Waals surface area contributed by atoms with Gasteiger partial charge in [-0.1, -0.05) is 0 Å². The van der Waals surface area contributed by atoms with Crippen LogP contribution < -0.4 is 0 Å². The van der Waals surface area contributed by atoms with Crippen LogP contribution in [-0.2, 0) is 0 Å². The highest BCUT2D eigenvalue weighted by Crippen LogP contribution is 2.37. The number of rotatable bonds is 4. The number of nitrogens with zero attached hydrogens (tertiary/aromatic N) is 2. The summed E-state index contributed by atoms with van der Waals surface area (Å²) in [7, 11) is 0. The van der Waals surface area contributed by atoms with Crippen molar-refractivity contribution in [3.8, 4) is 0 Å². The highest BCUT2D eigenvalue weighted by Gasteiger charge is 2.46. The molecule has 4 amide bonds. The topological polar surface area (TPSA) is 149 Å². The van der Waals surface area contributed by atoms with Gasteiger partial charge in [-0.15, -0.1) is 0 Å². The lowest BCUT2D eigenvalue weighted by Gasteiger charge is -2.21. The van der Waals surface area contributed by atoms with Crippen LogP contribution in [0.5, 0.6) is 0 Å². The van der Waals surface area contributed by atoms with Gasteiger partial charge >= 0.3 is 11.9 Å². The molecule has 2 aromatic carbocycles. The minimum absolute atomic E-state index is 0.0444. The maximum Gasteiger partial charge on any atom is 0.336 e. The molecule has 0 aliphatic carbocycles. The maximum absolute atomic E-state index is 13.3. The molecule has 0 saturated heterocycles. The quantitative estimate of drug-likeness (QED) is 0.637. The fraction of sp³-hybridized carbons (Fsp3) is 0.280. The molecule has 0 fully saturated rings. The second-order valence-corrected chi connectivity index (χ2v) is 8.83. The van der Waals surface area contributed by atoms with Crippen LogP contribution in [0.15, 0.2) is 0 Å². The molecule has 4 rings (SSSR count). The lowest BCUT2D eigenvalue weighted by atomic mass is 9.89. The van der Waals surface area contributed by atoms with Crippen LogP contribution in [0.2, 0.25) is 0 Å².